The van der Waals surface area contributed by atoms with Crippen LogP contribution in [0.15, 0.2) is 53.8 Å². The zero-order valence-corrected chi connectivity index (χ0v) is 9.46. The van der Waals surface area contributed by atoms with Gasteiger partial charge in [0.05, 0.1) is 5.69 Å². The Kier molecular flexibility index (Phi) is 3.47. The van der Waals surface area contributed by atoms with Crippen molar-refractivity contribution in [2.45, 2.75) is 6.92 Å². The summed E-state index contributed by atoms with van der Waals surface area (Å²) in [4.78, 5) is 8.23. The highest BCUT2D eigenvalue weighted by Crippen LogP contribution is 2.13. The summed E-state index contributed by atoms with van der Waals surface area (Å²) in [7, 11) is 0. The van der Waals surface area contributed by atoms with Crippen LogP contribution in [0.3, 0.4) is 0 Å². The van der Waals surface area contributed by atoms with Crippen molar-refractivity contribution in [3.8, 4) is 0 Å². The second-order valence-corrected chi connectivity index (χ2v) is 3.64. The lowest BCUT2D eigenvalue weighted by molar-refractivity contribution is 0.235. The summed E-state index contributed by atoms with van der Waals surface area (Å²) < 4.78 is 0. The Bertz CT molecular complexity index is 506. The van der Waals surface area contributed by atoms with E-state index in [1.165, 1.54) is 5.56 Å². The molecule has 17 heavy (non-hydrogen) atoms. The lowest BCUT2D eigenvalue weighted by atomic mass is 10.2. The number of aryl methyl sites for hydroxylation is 1. The highest BCUT2D eigenvalue weighted by atomic mass is 16.5. The molecule has 86 valence electrons. The Morgan fingerprint density at radius 3 is 2.35 bits per heavy atom. The van der Waals surface area contributed by atoms with E-state index >= 15 is 0 Å². The summed E-state index contributed by atoms with van der Waals surface area (Å²) in [6.45, 7) is 2.02. The molecule has 0 bridgehead atoms. The molecule has 2 aromatic rings. The van der Waals surface area contributed by atoms with Crippen molar-refractivity contribution in [1.29, 1.82) is 0 Å². The Morgan fingerprint density at radius 1 is 1.12 bits per heavy atom. The normalized spacial score (nSPS) is 11.3. The molecule has 1 aromatic heterocycles. The van der Waals surface area contributed by atoms with Crippen molar-refractivity contribution in [2.75, 3.05) is 0 Å². The van der Waals surface area contributed by atoms with E-state index in [0.29, 0.717) is 5.84 Å². The molecule has 0 saturated heterocycles. The third-order valence-electron chi connectivity index (χ3n) is 2.33. The largest absolute Gasteiger partial charge is 0.290 e. The van der Waals surface area contributed by atoms with E-state index in [1.807, 2.05) is 31.2 Å². The summed E-state index contributed by atoms with van der Waals surface area (Å²) in [5.41, 5.74) is 4.84. The minimum absolute atomic E-state index is 0.399. The molecule has 2 N–H and O–H groups in total. The van der Waals surface area contributed by atoms with Crippen LogP contribution in [0.25, 0.3) is 0 Å². The molecule has 0 fully saturated rings. The van der Waals surface area contributed by atoms with Crippen molar-refractivity contribution in [3.63, 3.8) is 0 Å². The van der Waals surface area contributed by atoms with Crippen molar-refractivity contribution >= 4 is 11.5 Å². The molecule has 0 unspecified atom stereocenters. The summed E-state index contributed by atoms with van der Waals surface area (Å²) in [6, 6.07) is 11.3. The fourth-order valence-electron chi connectivity index (χ4n) is 1.41. The van der Waals surface area contributed by atoms with Gasteiger partial charge < -0.3 is 0 Å². The van der Waals surface area contributed by atoms with Crippen LogP contribution >= 0.6 is 0 Å². The van der Waals surface area contributed by atoms with Crippen LogP contribution in [0, 0.1) is 6.92 Å². The average Bonchev–Trinajstić information content (AvgIpc) is 2.39. The quantitative estimate of drug-likeness (QED) is 0.470. The van der Waals surface area contributed by atoms with Gasteiger partial charge in [-0.15, -0.1) is 0 Å². The van der Waals surface area contributed by atoms with E-state index < -0.39 is 0 Å². The topological polar surface area (TPSA) is 57.5 Å². The highest BCUT2D eigenvalue weighted by Gasteiger charge is 2.01. The third-order valence-corrected chi connectivity index (χ3v) is 2.33. The van der Waals surface area contributed by atoms with E-state index in [4.69, 9.17) is 5.21 Å². The van der Waals surface area contributed by atoms with Gasteiger partial charge in [-0.3, -0.25) is 15.7 Å². The number of rotatable bonds is 2. The maximum absolute atomic E-state index is 9.09. The number of nitrogens with zero attached hydrogens (tertiary/aromatic N) is 2. The molecular weight excluding hydrogens is 214 g/mol. The van der Waals surface area contributed by atoms with Crippen molar-refractivity contribution in [3.05, 3.63) is 59.9 Å². The molecular formula is C13H13N3O. The van der Waals surface area contributed by atoms with Gasteiger partial charge in [0.2, 0.25) is 0 Å². The molecule has 0 saturated carbocycles. The summed E-state index contributed by atoms with van der Waals surface area (Å²) in [6.07, 6.45) is 3.30. The van der Waals surface area contributed by atoms with Crippen LogP contribution in [-0.2, 0) is 0 Å². The first-order valence-electron chi connectivity index (χ1n) is 5.25. The molecule has 2 rings (SSSR count). The second kappa shape index (κ2) is 5.23. The molecule has 4 nitrogen and oxygen atoms in total. The van der Waals surface area contributed by atoms with Gasteiger partial charge in [-0.25, -0.2) is 4.99 Å². The third kappa shape index (κ3) is 2.89. The van der Waals surface area contributed by atoms with Crippen LogP contribution in [0.4, 0.5) is 5.69 Å². The zero-order chi connectivity index (χ0) is 12.1. The molecule has 1 aromatic carbocycles. The first kappa shape index (κ1) is 11.3. The fourth-order valence-corrected chi connectivity index (χ4v) is 1.41. The maximum Gasteiger partial charge on any atom is 0.157 e. The molecule has 1 heterocycles. The number of benzene rings is 1. The first-order valence-corrected chi connectivity index (χ1v) is 5.25. The monoisotopic (exact) mass is 227 g/mol. The number of aromatic nitrogens is 1. The number of hydrogen-bond donors (Lipinski definition) is 2. The minimum Gasteiger partial charge on any atom is -0.290 e. The highest BCUT2D eigenvalue weighted by molar-refractivity contribution is 5.99. The van der Waals surface area contributed by atoms with Crippen LogP contribution in [-0.4, -0.2) is 16.0 Å². The number of hydroxylamine groups is 1. The molecule has 0 atom stereocenters. The predicted molar refractivity (Wildman–Crippen MR) is 66.5 cm³/mol. The first-order chi connectivity index (χ1) is 8.29. The lowest BCUT2D eigenvalue weighted by Crippen LogP contribution is -2.19. The number of amidine groups is 1. The molecule has 0 aliphatic heterocycles. The maximum atomic E-state index is 9.09. The zero-order valence-electron chi connectivity index (χ0n) is 9.46. The summed E-state index contributed by atoms with van der Waals surface area (Å²) in [5.74, 6) is 0.399. The van der Waals surface area contributed by atoms with Crippen LogP contribution in [0.2, 0.25) is 0 Å². The van der Waals surface area contributed by atoms with E-state index in [2.05, 4.69) is 15.5 Å². The molecule has 0 aliphatic carbocycles. The summed E-state index contributed by atoms with van der Waals surface area (Å²) in [5, 5.41) is 9.09. The number of pyridine rings is 1. The van der Waals surface area contributed by atoms with Crippen LogP contribution in [0.1, 0.15) is 11.1 Å². The predicted octanol–water partition coefficient (Wildman–Crippen LogP) is 2.45. The Morgan fingerprint density at radius 2 is 1.76 bits per heavy atom. The Balaban J connectivity index is 2.33. The number of nitrogens with one attached hydrogen (secondary N) is 1. The van der Waals surface area contributed by atoms with Gasteiger partial charge >= 0.3 is 0 Å². The van der Waals surface area contributed by atoms with Crippen LogP contribution in [0.5, 0.6) is 0 Å². The van der Waals surface area contributed by atoms with Crippen molar-refractivity contribution in [2.24, 2.45) is 4.99 Å². The van der Waals surface area contributed by atoms with Gasteiger partial charge in [0.1, 0.15) is 0 Å². The summed E-state index contributed by atoms with van der Waals surface area (Å²) >= 11 is 0. The van der Waals surface area contributed by atoms with Gasteiger partial charge in [-0.05, 0) is 31.2 Å². The van der Waals surface area contributed by atoms with Gasteiger partial charge in [0, 0.05) is 18.0 Å². The van der Waals surface area contributed by atoms with E-state index in [0.717, 1.165) is 11.3 Å². The molecule has 0 aliphatic rings. The standard InChI is InChI=1S/C13H13N3O/c1-10-2-4-12(5-3-10)15-13(16-17)11-6-8-14-9-7-11/h2-9,17H,1H3,(H,15,16). The molecule has 4 heteroatoms. The number of aliphatic imine (C=N–C) groups is 1. The van der Waals surface area contributed by atoms with E-state index in [1.54, 1.807) is 24.5 Å². The van der Waals surface area contributed by atoms with Gasteiger partial charge in [-0.2, -0.15) is 0 Å². The molecule has 0 radical (unpaired) electrons. The Labute approximate surface area is 99.6 Å². The Hall–Kier alpha value is -2.20. The van der Waals surface area contributed by atoms with Gasteiger partial charge in [-0.1, -0.05) is 17.7 Å². The average molecular weight is 227 g/mol. The minimum atomic E-state index is 0.399. The number of hydrogen-bond acceptors (Lipinski definition) is 3. The van der Waals surface area contributed by atoms with Crippen molar-refractivity contribution < 1.29 is 5.21 Å². The smallest absolute Gasteiger partial charge is 0.157 e. The molecule has 0 amide bonds. The SMILES string of the molecule is Cc1ccc(N=C(NO)c2ccncc2)cc1. The van der Waals surface area contributed by atoms with Gasteiger partial charge in [0.25, 0.3) is 0 Å². The van der Waals surface area contributed by atoms with Gasteiger partial charge in [0.15, 0.2) is 5.84 Å². The van der Waals surface area contributed by atoms with Crippen molar-refractivity contribution in [1.82, 2.24) is 10.5 Å². The van der Waals surface area contributed by atoms with Crippen LogP contribution < -0.4 is 5.48 Å². The van der Waals surface area contributed by atoms with E-state index in [9.17, 15) is 0 Å². The fraction of sp³-hybridized carbons (Fsp3) is 0.0769. The van der Waals surface area contributed by atoms with E-state index in [-0.39, 0.29) is 0 Å². The molecule has 0 spiro atoms. The second-order valence-electron chi connectivity index (χ2n) is 3.64. The lowest BCUT2D eigenvalue weighted by Gasteiger charge is -2.04.